The molecule has 1 atom stereocenters. The summed E-state index contributed by atoms with van der Waals surface area (Å²) in [7, 11) is 1.71. The van der Waals surface area contributed by atoms with E-state index in [9.17, 15) is 0 Å². The normalized spacial score (nSPS) is 12.2. The van der Waals surface area contributed by atoms with Gasteiger partial charge in [-0.15, -0.1) is 6.58 Å². The van der Waals surface area contributed by atoms with Gasteiger partial charge in [-0.1, -0.05) is 25.1 Å². The van der Waals surface area contributed by atoms with Crippen molar-refractivity contribution in [2.24, 2.45) is 5.92 Å². The first-order valence-corrected chi connectivity index (χ1v) is 4.93. The first kappa shape index (κ1) is 10.8. The third-order valence-corrected chi connectivity index (χ3v) is 2.43. The summed E-state index contributed by atoms with van der Waals surface area (Å²) in [5, 5.41) is 0. The zero-order valence-corrected chi connectivity index (χ0v) is 9.21. The van der Waals surface area contributed by atoms with Gasteiger partial charge in [-0.05, 0) is 36.5 Å². The Hall–Kier alpha value is -1.24. The number of hydrogen-bond acceptors (Lipinski definition) is 1. The third kappa shape index (κ3) is 2.63. The lowest BCUT2D eigenvalue weighted by atomic mass is 10.00. The van der Waals surface area contributed by atoms with Gasteiger partial charge in [0.15, 0.2) is 0 Å². The van der Waals surface area contributed by atoms with E-state index in [1.807, 2.05) is 6.08 Å². The van der Waals surface area contributed by atoms with E-state index in [2.05, 4.69) is 38.6 Å². The Labute approximate surface area is 86.4 Å². The molecule has 0 saturated heterocycles. The van der Waals surface area contributed by atoms with Gasteiger partial charge in [0, 0.05) is 0 Å². The Kier molecular flexibility index (Phi) is 3.75. The highest BCUT2D eigenvalue weighted by atomic mass is 16.5. The predicted octanol–water partition coefficient (Wildman–Crippen LogP) is 3.37. The van der Waals surface area contributed by atoms with Crippen molar-refractivity contribution in [2.45, 2.75) is 20.3 Å². The second-order valence-corrected chi connectivity index (χ2v) is 3.72. The third-order valence-electron chi connectivity index (χ3n) is 2.43. The van der Waals surface area contributed by atoms with Crippen molar-refractivity contribution in [3.63, 3.8) is 0 Å². The first-order valence-electron chi connectivity index (χ1n) is 4.93. The average Bonchev–Trinajstić information content (AvgIpc) is 2.20. The minimum absolute atomic E-state index is 0.516. The topological polar surface area (TPSA) is 9.23 Å². The molecule has 0 amide bonds. The maximum Gasteiger partial charge on any atom is 0.122 e. The summed E-state index contributed by atoms with van der Waals surface area (Å²) in [4.78, 5) is 0. The first-order chi connectivity index (χ1) is 6.67. The molecule has 14 heavy (non-hydrogen) atoms. The fourth-order valence-corrected chi connectivity index (χ4v) is 1.45. The molecule has 1 unspecified atom stereocenters. The maximum absolute atomic E-state index is 5.28. The molecule has 0 saturated carbocycles. The van der Waals surface area contributed by atoms with Crippen LogP contribution in [0.3, 0.4) is 0 Å². The highest BCUT2D eigenvalue weighted by Crippen LogP contribution is 2.20. The SMILES string of the molecule is C=CC(C)Cc1ccc(C)c(OC)c1. The zero-order valence-electron chi connectivity index (χ0n) is 9.21. The minimum atomic E-state index is 0.516. The molecule has 1 aromatic carbocycles. The Morgan fingerprint density at radius 2 is 2.21 bits per heavy atom. The molecule has 1 nitrogen and oxygen atoms in total. The van der Waals surface area contributed by atoms with Crippen LogP contribution in [0.4, 0.5) is 0 Å². The van der Waals surface area contributed by atoms with Gasteiger partial charge in [0.05, 0.1) is 7.11 Å². The molecule has 0 aliphatic heterocycles. The summed E-state index contributed by atoms with van der Waals surface area (Å²) in [6.07, 6.45) is 3.01. The fraction of sp³-hybridized carbons (Fsp3) is 0.385. The van der Waals surface area contributed by atoms with Crippen LogP contribution in [0.5, 0.6) is 5.75 Å². The largest absolute Gasteiger partial charge is 0.496 e. The second-order valence-electron chi connectivity index (χ2n) is 3.72. The number of rotatable bonds is 4. The van der Waals surface area contributed by atoms with E-state index in [4.69, 9.17) is 4.74 Å². The van der Waals surface area contributed by atoms with Crippen LogP contribution in [0.15, 0.2) is 30.9 Å². The van der Waals surface area contributed by atoms with Gasteiger partial charge in [-0.2, -0.15) is 0 Å². The number of allylic oxidation sites excluding steroid dienone is 1. The predicted molar refractivity (Wildman–Crippen MR) is 60.8 cm³/mol. The lowest BCUT2D eigenvalue weighted by Crippen LogP contribution is -1.96. The van der Waals surface area contributed by atoms with Gasteiger partial charge in [0.25, 0.3) is 0 Å². The molecule has 0 fully saturated rings. The van der Waals surface area contributed by atoms with Crippen LogP contribution >= 0.6 is 0 Å². The molecule has 0 spiro atoms. The Balaban J connectivity index is 2.84. The van der Waals surface area contributed by atoms with Gasteiger partial charge in [-0.25, -0.2) is 0 Å². The van der Waals surface area contributed by atoms with Crippen LogP contribution in [0.1, 0.15) is 18.1 Å². The summed E-state index contributed by atoms with van der Waals surface area (Å²) in [6, 6.07) is 6.36. The number of ether oxygens (including phenoxy) is 1. The Morgan fingerprint density at radius 3 is 2.79 bits per heavy atom. The molecule has 76 valence electrons. The standard InChI is InChI=1S/C13H18O/c1-5-10(2)8-12-7-6-11(3)13(9-12)14-4/h5-7,9-10H,1,8H2,2-4H3. The van der Waals surface area contributed by atoms with E-state index in [0.717, 1.165) is 12.2 Å². The lowest BCUT2D eigenvalue weighted by molar-refractivity contribution is 0.411. The molecule has 0 aliphatic rings. The summed E-state index contributed by atoms with van der Waals surface area (Å²) in [5.74, 6) is 1.49. The van der Waals surface area contributed by atoms with E-state index >= 15 is 0 Å². The summed E-state index contributed by atoms with van der Waals surface area (Å²) in [6.45, 7) is 8.01. The molecule has 0 heterocycles. The van der Waals surface area contributed by atoms with Crippen molar-refractivity contribution < 1.29 is 4.74 Å². The molecule has 1 aromatic rings. The molecule has 1 heteroatoms. The Bertz CT molecular complexity index is 315. The summed E-state index contributed by atoms with van der Waals surface area (Å²) < 4.78 is 5.28. The van der Waals surface area contributed by atoms with Crippen molar-refractivity contribution in [3.05, 3.63) is 42.0 Å². The molecule has 0 aromatic heterocycles. The van der Waals surface area contributed by atoms with E-state index < -0.39 is 0 Å². The van der Waals surface area contributed by atoms with Crippen LogP contribution < -0.4 is 4.74 Å². The number of methoxy groups -OCH3 is 1. The zero-order chi connectivity index (χ0) is 10.6. The highest BCUT2D eigenvalue weighted by Gasteiger charge is 2.02. The quantitative estimate of drug-likeness (QED) is 0.661. The maximum atomic E-state index is 5.28. The van der Waals surface area contributed by atoms with Crippen LogP contribution in [0.2, 0.25) is 0 Å². The molecule has 1 rings (SSSR count). The highest BCUT2D eigenvalue weighted by molar-refractivity contribution is 5.36. The van der Waals surface area contributed by atoms with Gasteiger partial charge >= 0.3 is 0 Å². The fourth-order valence-electron chi connectivity index (χ4n) is 1.45. The molecular formula is C13H18O. The van der Waals surface area contributed by atoms with Crippen molar-refractivity contribution >= 4 is 0 Å². The number of aryl methyl sites for hydroxylation is 1. The van der Waals surface area contributed by atoms with Crippen molar-refractivity contribution in [1.82, 2.24) is 0 Å². The summed E-state index contributed by atoms with van der Waals surface area (Å²) in [5.41, 5.74) is 2.49. The van der Waals surface area contributed by atoms with Crippen molar-refractivity contribution in [2.75, 3.05) is 7.11 Å². The molecule has 0 aliphatic carbocycles. The minimum Gasteiger partial charge on any atom is -0.496 e. The van der Waals surface area contributed by atoms with Crippen LogP contribution in [0, 0.1) is 12.8 Å². The van der Waals surface area contributed by atoms with Gasteiger partial charge in [0.1, 0.15) is 5.75 Å². The summed E-state index contributed by atoms with van der Waals surface area (Å²) >= 11 is 0. The number of benzene rings is 1. The van der Waals surface area contributed by atoms with E-state index in [1.54, 1.807) is 7.11 Å². The van der Waals surface area contributed by atoms with Crippen LogP contribution in [0.25, 0.3) is 0 Å². The smallest absolute Gasteiger partial charge is 0.122 e. The molecule has 0 radical (unpaired) electrons. The molecule has 0 N–H and O–H groups in total. The van der Waals surface area contributed by atoms with Crippen molar-refractivity contribution in [1.29, 1.82) is 0 Å². The lowest BCUT2D eigenvalue weighted by Gasteiger charge is -2.09. The second kappa shape index (κ2) is 4.85. The van der Waals surface area contributed by atoms with Crippen molar-refractivity contribution in [3.8, 4) is 5.75 Å². The average molecular weight is 190 g/mol. The van der Waals surface area contributed by atoms with E-state index in [1.165, 1.54) is 11.1 Å². The van der Waals surface area contributed by atoms with Gasteiger partial charge in [-0.3, -0.25) is 0 Å². The molecular weight excluding hydrogens is 172 g/mol. The Morgan fingerprint density at radius 1 is 1.50 bits per heavy atom. The van der Waals surface area contributed by atoms with Crippen LogP contribution in [-0.4, -0.2) is 7.11 Å². The molecule has 0 bridgehead atoms. The van der Waals surface area contributed by atoms with Crippen LogP contribution in [-0.2, 0) is 6.42 Å². The van der Waals surface area contributed by atoms with Gasteiger partial charge < -0.3 is 4.74 Å². The van der Waals surface area contributed by atoms with E-state index in [-0.39, 0.29) is 0 Å². The monoisotopic (exact) mass is 190 g/mol. The van der Waals surface area contributed by atoms with Gasteiger partial charge in [0.2, 0.25) is 0 Å². The van der Waals surface area contributed by atoms with E-state index in [0.29, 0.717) is 5.92 Å². The number of hydrogen-bond donors (Lipinski definition) is 0.